The molecular weight excluding hydrogens is 454 g/mol. The number of aliphatic hydroxyl groups excluding tert-OH is 1. The molecule has 2 fully saturated rings. The topological polar surface area (TPSA) is 84.2 Å². The number of ether oxygens (including phenoxy) is 2. The van der Waals surface area contributed by atoms with Gasteiger partial charge in [0.2, 0.25) is 5.95 Å². The second-order valence-electron chi connectivity index (χ2n) is 10.3. The van der Waals surface area contributed by atoms with Gasteiger partial charge in [0.1, 0.15) is 0 Å². The number of fused-ring (bicyclic) bond motifs is 1. The van der Waals surface area contributed by atoms with Gasteiger partial charge in [-0.15, -0.1) is 5.10 Å². The van der Waals surface area contributed by atoms with Gasteiger partial charge in [-0.2, -0.15) is 0 Å². The minimum Gasteiger partial charge on any atom is -0.393 e. The van der Waals surface area contributed by atoms with E-state index in [0.717, 1.165) is 76.0 Å². The molecule has 8 heteroatoms. The number of anilines is 1. The summed E-state index contributed by atoms with van der Waals surface area (Å²) in [6, 6.07) is 11.4. The predicted molar refractivity (Wildman–Crippen MR) is 141 cm³/mol. The summed E-state index contributed by atoms with van der Waals surface area (Å²) in [5.41, 5.74) is 5.89. The van der Waals surface area contributed by atoms with Gasteiger partial charge in [-0.3, -0.25) is 4.90 Å². The van der Waals surface area contributed by atoms with E-state index in [1.807, 2.05) is 6.20 Å². The van der Waals surface area contributed by atoms with Crippen molar-refractivity contribution in [1.82, 2.24) is 19.5 Å². The standard InChI is InChI=1S/C28H39N5O3/c1-20(11-14-35-2)30-28-29-18-27-25(17-26(33(27)31-28)23-7-9-24(34)10-8-23)22-5-3-21(4-6-22)19-32-12-15-36-16-13-32/h3-6,17-18,20,23-24,34H,7-16,19H2,1-2H3,(H,30,31)/t20-,23?,24?/m1/s1. The maximum Gasteiger partial charge on any atom is 0.241 e. The quantitative estimate of drug-likeness (QED) is 0.465. The molecule has 1 aliphatic heterocycles. The largest absolute Gasteiger partial charge is 0.393 e. The van der Waals surface area contributed by atoms with Crippen LogP contribution in [-0.4, -0.2) is 76.8 Å². The maximum absolute atomic E-state index is 10.1. The maximum atomic E-state index is 10.1. The molecule has 1 atom stereocenters. The minimum atomic E-state index is -0.181. The second-order valence-corrected chi connectivity index (χ2v) is 10.3. The minimum absolute atomic E-state index is 0.181. The normalized spacial score (nSPS) is 22.1. The fraction of sp³-hybridized carbons (Fsp3) is 0.571. The van der Waals surface area contributed by atoms with E-state index in [0.29, 0.717) is 18.5 Å². The SMILES string of the molecule is COCC[C@@H](C)Nc1ncc2c(-c3ccc(CN4CCOCC4)cc3)cc(C3CCC(O)CC3)n2n1. The van der Waals surface area contributed by atoms with E-state index in [2.05, 4.69) is 57.0 Å². The van der Waals surface area contributed by atoms with Gasteiger partial charge in [0.25, 0.3) is 0 Å². The Labute approximate surface area is 213 Å². The monoisotopic (exact) mass is 493 g/mol. The molecule has 0 unspecified atom stereocenters. The molecule has 0 bridgehead atoms. The summed E-state index contributed by atoms with van der Waals surface area (Å²) in [7, 11) is 1.72. The summed E-state index contributed by atoms with van der Waals surface area (Å²) in [5.74, 6) is 1.01. The number of rotatable bonds is 9. The summed E-state index contributed by atoms with van der Waals surface area (Å²) < 4.78 is 12.8. The van der Waals surface area contributed by atoms with E-state index in [1.165, 1.54) is 16.8 Å². The van der Waals surface area contributed by atoms with Crippen LogP contribution < -0.4 is 5.32 Å². The first-order chi connectivity index (χ1) is 17.6. The number of methoxy groups -OCH3 is 1. The number of benzene rings is 1. The third-order valence-corrected chi connectivity index (χ3v) is 7.57. The Morgan fingerprint density at radius 3 is 2.61 bits per heavy atom. The van der Waals surface area contributed by atoms with Crippen molar-refractivity contribution in [2.75, 3.05) is 45.3 Å². The van der Waals surface area contributed by atoms with Gasteiger partial charge in [-0.25, -0.2) is 9.50 Å². The highest BCUT2D eigenvalue weighted by molar-refractivity contribution is 5.81. The predicted octanol–water partition coefficient (Wildman–Crippen LogP) is 4.08. The smallest absolute Gasteiger partial charge is 0.241 e. The zero-order valence-electron chi connectivity index (χ0n) is 21.5. The van der Waals surface area contributed by atoms with Gasteiger partial charge in [0, 0.05) is 56.6 Å². The van der Waals surface area contributed by atoms with Crippen LogP contribution in [0.3, 0.4) is 0 Å². The summed E-state index contributed by atoms with van der Waals surface area (Å²) in [5, 5.41) is 18.4. The molecule has 36 heavy (non-hydrogen) atoms. The van der Waals surface area contributed by atoms with Crippen LogP contribution in [0, 0.1) is 0 Å². The first-order valence-corrected chi connectivity index (χ1v) is 13.3. The van der Waals surface area contributed by atoms with Crippen LogP contribution in [0.1, 0.15) is 56.2 Å². The van der Waals surface area contributed by atoms with Crippen molar-refractivity contribution in [3.05, 3.63) is 47.8 Å². The number of nitrogens with one attached hydrogen (secondary N) is 1. The molecule has 194 valence electrons. The van der Waals surface area contributed by atoms with Crippen LogP contribution in [0.4, 0.5) is 5.95 Å². The second kappa shape index (κ2) is 11.7. The number of aromatic nitrogens is 3. The molecule has 1 saturated heterocycles. The molecule has 0 spiro atoms. The van der Waals surface area contributed by atoms with Gasteiger partial charge in [0.05, 0.1) is 31.0 Å². The number of aliphatic hydroxyl groups is 1. The van der Waals surface area contributed by atoms with Crippen LogP contribution in [0.15, 0.2) is 36.5 Å². The Morgan fingerprint density at radius 1 is 1.14 bits per heavy atom. The van der Waals surface area contributed by atoms with Crippen molar-refractivity contribution >= 4 is 11.5 Å². The van der Waals surface area contributed by atoms with Crippen LogP contribution in [0.25, 0.3) is 16.6 Å². The highest BCUT2D eigenvalue weighted by Crippen LogP contribution is 2.37. The van der Waals surface area contributed by atoms with Gasteiger partial charge < -0.3 is 19.9 Å². The Morgan fingerprint density at radius 2 is 1.89 bits per heavy atom. The lowest BCUT2D eigenvalue weighted by atomic mass is 9.85. The number of hydrogen-bond donors (Lipinski definition) is 2. The Balaban J connectivity index is 1.43. The van der Waals surface area contributed by atoms with E-state index in [1.54, 1.807) is 7.11 Å². The van der Waals surface area contributed by atoms with Crippen molar-refractivity contribution in [3.8, 4) is 11.1 Å². The van der Waals surface area contributed by atoms with E-state index in [-0.39, 0.29) is 12.1 Å². The summed E-state index contributed by atoms with van der Waals surface area (Å²) in [6.07, 6.45) is 6.28. The molecule has 1 aliphatic carbocycles. The lowest BCUT2D eigenvalue weighted by Crippen LogP contribution is -2.35. The van der Waals surface area contributed by atoms with Crippen LogP contribution in [-0.2, 0) is 16.0 Å². The zero-order chi connectivity index (χ0) is 24.9. The average Bonchev–Trinajstić information content (AvgIpc) is 3.28. The fourth-order valence-corrected chi connectivity index (χ4v) is 5.37. The molecule has 8 nitrogen and oxygen atoms in total. The summed E-state index contributed by atoms with van der Waals surface area (Å²) in [4.78, 5) is 7.11. The van der Waals surface area contributed by atoms with Crippen LogP contribution >= 0.6 is 0 Å². The van der Waals surface area contributed by atoms with Crippen LogP contribution in [0.5, 0.6) is 0 Å². The molecule has 1 aromatic carbocycles. The Hall–Kier alpha value is -2.52. The summed E-state index contributed by atoms with van der Waals surface area (Å²) in [6.45, 7) is 7.38. The molecule has 3 aromatic rings. The van der Waals surface area contributed by atoms with Crippen LogP contribution in [0.2, 0.25) is 0 Å². The third-order valence-electron chi connectivity index (χ3n) is 7.57. The molecular formula is C28H39N5O3. The van der Waals surface area contributed by atoms with Gasteiger partial charge in [-0.05, 0) is 56.2 Å². The summed E-state index contributed by atoms with van der Waals surface area (Å²) >= 11 is 0. The molecule has 2 N–H and O–H groups in total. The van der Waals surface area contributed by atoms with Crippen molar-refractivity contribution in [1.29, 1.82) is 0 Å². The average molecular weight is 494 g/mol. The van der Waals surface area contributed by atoms with Crippen molar-refractivity contribution < 1.29 is 14.6 Å². The number of hydrogen-bond acceptors (Lipinski definition) is 7. The van der Waals surface area contributed by atoms with E-state index >= 15 is 0 Å². The first kappa shape index (κ1) is 25.1. The lowest BCUT2D eigenvalue weighted by molar-refractivity contribution is 0.0342. The van der Waals surface area contributed by atoms with Crippen molar-refractivity contribution in [2.24, 2.45) is 0 Å². The van der Waals surface area contributed by atoms with E-state index < -0.39 is 0 Å². The van der Waals surface area contributed by atoms with E-state index in [9.17, 15) is 5.11 Å². The molecule has 0 radical (unpaired) electrons. The third kappa shape index (κ3) is 5.89. The zero-order valence-corrected chi connectivity index (χ0v) is 21.5. The first-order valence-electron chi connectivity index (χ1n) is 13.3. The molecule has 5 rings (SSSR count). The molecule has 3 heterocycles. The Kier molecular flexibility index (Phi) is 8.16. The van der Waals surface area contributed by atoms with Gasteiger partial charge >= 0.3 is 0 Å². The number of morpholine rings is 1. The molecule has 2 aliphatic rings. The highest BCUT2D eigenvalue weighted by atomic mass is 16.5. The highest BCUT2D eigenvalue weighted by Gasteiger charge is 2.25. The molecule has 2 aromatic heterocycles. The Bertz CT molecular complexity index is 1120. The molecule has 1 saturated carbocycles. The number of nitrogens with zero attached hydrogens (tertiary/aromatic N) is 4. The van der Waals surface area contributed by atoms with Crippen molar-refractivity contribution in [3.63, 3.8) is 0 Å². The van der Waals surface area contributed by atoms with Gasteiger partial charge in [0.15, 0.2) is 0 Å². The van der Waals surface area contributed by atoms with Gasteiger partial charge in [-0.1, -0.05) is 24.3 Å². The lowest BCUT2D eigenvalue weighted by Gasteiger charge is -2.26. The van der Waals surface area contributed by atoms with E-state index in [4.69, 9.17) is 14.6 Å². The van der Waals surface area contributed by atoms with Crippen molar-refractivity contribution in [2.45, 2.75) is 63.6 Å². The molecule has 0 amide bonds. The fourth-order valence-electron chi connectivity index (χ4n) is 5.37.